The smallest absolute Gasteiger partial charge is 0.338 e. The number of esters is 3. The Morgan fingerprint density at radius 3 is 1.86 bits per heavy atom. The van der Waals surface area contributed by atoms with Gasteiger partial charge in [0, 0.05) is 10.7 Å². The number of aromatic nitrogens is 3. The summed E-state index contributed by atoms with van der Waals surface area (Å²) in [4.78, 5) is 48.0. The van der Waals surface area contributed by atoms with Crippen LogP contribution in [0.25, 0.3) is 11.0 Å². The van der Waals surface area contributed by atoms with Crippen LogP contribution in [0.5, 0.6) is 0 Å². The number of nitrogens with zero attached hydrogens (tertiary/aromatic N) is 3. The lowest BCUT2D eigenvalue weighted by Crippen LogP contribution is -2.41. The summed E-state index contributed by atoms with van der Waals surface area (Å²) in [5, 5.41) is 0.694. The molecular weight excluding hydrogens is 654 g/mol. The molecule has 3 aromatic carbocycles. The van der Waals surface area contributed by atoms with Crippen LogP contribution in [0.15, 0.2) is 108 Å². The normalized spacial score (nSPS) is 19.4. The fourth-order valence-electron chi connectivity index (χ4n) is 4.88. The van der Waals surface area contributed by atoms with Crippen LogP contribution in [0.4, 0.5) is 0 Å². The third-order valence-electron chi connectivity index (χ3n) is 6.97. The van der Waals surface area contributed by atoms with Crippen molar-refractivity contribution in [2.45, 2.75) is 24.5 Å². The molecule has 44 heavy (non-hydrogen) atoms. The summed E-state index contributed by atoms with van der Waals surface area (Å²) < 4.78 is 26.2. The second-order valence-corrected chi connectivity index (χ2v) is 11.0. The SMILES string of the molecule is O=C(OC[C@H]1O[C@@H](n2cc(Br)c3c(Cl)ncnc32)[C@H](OC(=O)c2ccccc2)[C@@H]1OC(=O)c1ccccc1)c1ccccc1. The molecule has 1 saturated heterocycles. The first-order chi connectivity index (χ1) is 21.4. The summed E-state index contributed by atoms with van der Waals surface area (Å²) in [7, 11) is 0. The first kappa shape index (κ1) is 29.5. The van der Waals surface area contributed by atoms with E-state index in [4.69, 9.17) is 30.5 Å². The Balaban J connectivity index is 1.39. The van der Waals surface area contributed by atoms with E-state index < -0.39 is 42.4 Å². The van der Waals surface area contributed by atoms with Crippen molar-refractivity contribution < 1.29 is 33.3 Å². The van der Waals surface area contributed by atoms with Crippen molar-refractivity contribution in [2.75, 3.05) is 6.61 Å². The van der Waals surface area contributed by atoms with Gasteiger partial charge in [-0.05, 0) is 52.3 Å². The zero-order chi connectivity index (χ0) is 30.6. The van der Waals surface area contributed by atoms with E-state index in [0.29, 0.717) is 21.1 Å². The summed E-state index contributed by atoms with van der Waals surface area (Å²) in [6.45, 7) is -0.313. The van der Waals surface area contributed by atoms with Gasteiger partial charge >= 0.3 is 17.9 Å². The number of halogens is 2. The average molecular weight is 677 g/mol. The molecule has 5 aromatic rings. The number of ether oxygens (including phenoxy) is 4. The third kappa shape index (κ3) is 6.07. The van der Waals surface area contributed by atoms with E-state index in [1.807, 2.05) is 0 Å². The van der Waals surface area contributed by atoms with Crippen LogP contribution in [-0.4, -0.2) is 57.4 Å². The molecule has 0 aliphatic carbocycles. The van der Waals surface area contributed by atoms with Crippen LogP contribution >= 0.6 is 27.5 Å². The Morgan fingerprint density at radius 1 is 0.773 bits per heavy atom. The largest absolute Gasteiger partial charge is 0.459 e. The van der Waals surface area contributed by atoms with Crippen molar-refractivity contribution in [2.24, 2.45) is 0 Å². The Bertz CT molecular complexity index is 1800. The molecule has 0 unspecified atom stereocenters. The van der Waals surface area contributed by atoms with Crippen LogP contribution < -0.4 is 0 Å². The van der Waals surface area contributed by atoms with Crippen LogP contribution in [-0.2, 0) is 18.9 Å². The van der Waals surface area contributed by atoms with Gasteiger partial charge in [-0.1, -0.05) is 66.2 Å². The highest BCUT2D eigenvalue weighted by molar-refractivity contribution is 9.10. The summed E-state index contributed by atoms with van der Waals surface area (Å²) in [5.74, 6) is -1.95. The lowest BCUT2D eigenvalue weighted by Gasteiger charge is -2.25. The topological polar surface area (TPSA) is 119 Å². The Hall–Kier alpha value is -4.58. The molecule has 1 fully saturated rings. The number of benzene rings is 3. The van der Waals surface area contributed by atoms with E-state index in [9.17, 15) is 14.4 Å². The van der Waals surface area contributed by atoms with Crippen LogP contribution in [0, 0.1) is 0 Å². The summed E-state index contributed by atoms with van der Waals surface area (Å²) in [6, 6.07) is 25.2. The van der Waals surface area contributed by atoms with Gasteiger partial charge in [-0.3, -0.25) is 0 Å². The predicted octanol–water partition coefficient (Wildman–Crippen LogP) is 6.05. The van der Waals surface area contributed by atoms with Crippen molar-refractivity contribution in [1.82, 2.24) is 14.5 Å². The number of fused-ring (bicyclic) bond motifs is 1. The molecule has 6 rings (SSSR count). The number of hydrogen-bond donors (Lipinski definition) is 0. The van der Waals surface area contributed by atoms with Gasteiger partial charge in [-0.15, -0.1) is 0 Å². The predicted molar refractivity (Wildman–Crippen MR) is 162 cm³/mol. The van der Waals surface area contributed by atoms with Crippen molar-refractivity contribution in [3.63, 3.8) is 0 Å². The molecule has 2 aromatic heterocycles. The highest BCUT2D eigenvalue weighted by atomic mass is 79.9. The van der Waals surface area contributed by atoms with E-state index in [0.717, 1.165) is 0 Å². The third-order valence-corrected chi connectivity index (χ3v) is 7.86. The van der Waals surface area contributed by atoms with Crippen LogP contribution in [0.2, 0.25) is 5.15 Å². The minimum Gasteiger partial charge on any atom is -0.459 e. The number of hydrogen-bond acceptors (Lipinski definition) is 9. The second-order valence-electron chi connectivity index (χ2n) is 9.75. The molecule has 0 radical (unpaired) electrons. The molecule has 222 valence electrons. The molecule has 12 heteroatoms. The van der Waals surface area contributed by atoms with Gasteiger partial charge in [0.2, 0.25) is 0 Å². The quantitative estimate of drug-likeness (QED) is 0.110. The lowest BCUT2D eigenvalue weighted by atomic mass is 10.1. The lowest BCUT2D eigenvalue weighted by molar-refractivity contribution is -0.0604. The molecule has 1 aliphatic rings. The molecule has 3 heterocycles. The van der Waals surface area contributed by atoms with E-state index in [-0.39, 0.29) is 22.9 Å². The fourth-order valence-corrected chi connectivity index (χ4v) is 5.81. The molecule has 4 atom stereocenters. The number of rotatable bonds is 8. The number of carbonyl (C=O) groups excluding carboxylic acids is 3. The van der Waals surface area contributed by atoms with Gasteiger partial charge < -0.3 is 23.5 Å². The Kier molecular flexibility index (Phi) is 8.69. The maximum Gasteiger partial charge on any atom is 0.338 e. The van der Waals surface area contributed by atoms with Gasteiger partial charge in [0.25, 0.3) is 0 Å². The van der Waals surface area contributed by atoms with Crippen LogP contribution in [0.3, 0.4) is 0 Å². The van der Waals surface area contributed by atoms with Gasteiger partial charge in [-0.2, -0.15) is 0 Å². The van der Waals surface area contributed by atoms with Gasteiger partial charge in [0.15, 0.2) is 18.4 Å². The van der Waals surface area contributed by atoms with Crippen molar-refractivity contribution in [3.05, 3.63) is 130 Å². The monoisotopic (exact) mass is 675 g/mol. The first-order valence-corrected chi connectivity index (χ1v) is 14.6. The maximum atomic E-state index is 13.4. The minimum atomic E-state index is -1.20. The molecule has 10 nitrogen and oxygen atoms in total. The Labute approximate surface area is 264 Å². The second kappa shape index (κ2) is 13.0. The van der Waals surface area contributed by atoms with Gasteiger partial charge in [0.1, 0.15) is 29.8 Å². The molecule has 1 aliphatic heterocycles. The zero-order valence-corrected chi connectivity index (χ0v) is 25.1. The van der Waals surface area contributed by atoms with E-state index in [1.54, 1.807) is 102 Å². The summed E-state index contributed by atoms with van der Waals surface area (Å²) >= 11 is 9.87. The Morgan fingerprint density at radius 2 is 1.30 bits per heavy atom. The maximum absolute atomic E-state index is 13.4. The molecule has 0 saturated carbocycles. The average Bonchev–Trinajstić information content (AvgIpc) is 3.57. The minimum absolute atomic E-state index is 0.192. The van der Waals surface area contributed by atoms with Gasteiger partial charge in [0.05, 0.1) is 22.1 Å². The van der Waals surface area contributed by atoms with E-state index in [1.165, 1.54) is 6.33 Å². The van der Waals surface area contributed by atoms with Crippen molar-refractivity contribution in [3.8, 4) is 0 Å². The highest BCUT2D eigenvalue weighted by Gasteiger charge is 2.52. The summed E-state index contributed by atoms with van der Waals surface area (Å²) in [6.07, 6.45) is -1.56. The summed E-state index contributed by atoms with van der Waals surface area (Å²) in [5.41, 5.74) is 1.26. The standard InChI is InChI=1S/C32H23BrClN3O7/c33-22-16-37(28-24(22)27(34)35-18-36-28)29-26(44-32(40)21-14-8-3-9-15-21)25(43-31(39)20-12-6-2-7-13-20)23(42-29)17-41-30(38)19-10-4-1-5-11-19/h1-16,18,23,25-26,29H,17H2/t23-,25-,26-,29-/m1/s1. The molecule has 0 bridgehead atoms. The molecule has 0 spiro atoms. The van der Waals surface area contributed by atoms with Crippen LogP contribution in [0.1, 0.15) is 37.3 Å². The number of carbonyl (C=O) groups is 3. The van der Waals surface area contributed by atoms with E-state index in [2.05, 4.69) is 25.9 Å². The van der Waals surface area contributed by atoms with Crippen molar-refractivity contribution in [1.29, 1.82) is 0 Å². The first-order valence-electron chi connectivity index (χ1n) is 13.5. The molecular formula is C32H23BrClN3O7. The zero-order valence-electron chi connectivity index (χ0n) is 22.8. The molecule has 0 amide bonds. The molecule has 0 N–H and O–H groups in total. The van der Waals surface area contributed by atoms with E-state index >= 15 is 0 Å². The van der Waals surface area contributed by atoms with Crippen molar-refractivity contribution >= 4 is 56.5 Å². The van der Waals surface area contributed by atoms with Gasteiger partial charge in [-0.25, -0.2) is 24.4 Å². The fraction of sp³-hybridized carbons (Fsp3) is 0.156. The highest BCUT2D eigenvalue weighted by Crippen LogP contribution is 2.40.